The molecule has 0 radical (unpaired) electrons. The summed E-state index contributed by atoms with van der Waals surface area (Å²) in [6.07, 6.45) is 5.05. The van der Waals surface area contributed by atoms with Gasteiger partial charge in [-0.05, 0) is 49.1 Å². The zero-order valence-corrected chi connectivity index (χ0v) is 14.0. The molecular weight excluding hydrogens is 262 g/mol. The largest absolute Gasteiger partial charge is 0.497 e. The van der Waals surface area contributed by atoms with E-state index >= 15 is 0 Å². The van der Waals surface area contributed by atoms with Gasteiger partial charge in [0.05, 0.1) is 19.9 Å². The van der Waals surface area contributed by atoms with Crippen LogP contribution in [0.15, 0.2) is 18.2 Å². The lowest BCUT2D eigenvalue weighted by Crippen LogP contribution is -2.31. The van der Waals surface area contributed by atoms with E-state index in [1.165, 1.54) is 25.7 Å². The van der Waals surface area contributed by atoms with Gasteiger partial charge in [-0.1, -0.05) is 20.8 Å². The summed E-state index contributed by atoms with van der Waals surface area (Å²) in [5.74, 6) is 2.58. The topological polar surface area (TPSA) is 30.5 Å². The molecule has 1 aromatic carbocycles. The Morgan fingerprint density at radius 2 is 1.67 bits per heavy atom. The van der Waals surface area contributed by atoms with Crippen LogP contribution >= 0.6 is 0 Å². The fraction of sp³-hybridized carbons (Fsp3) is 0.667. The van der Waals surface area contributed by atoms with Crippen molar-refractivity contribution in [3.63, 3.8) is 0 Å². The second-order valence-corrected chi connectivity index (χ2v) is 7.13. The first-order valence-corrected chi connectivity index (χ1v) is 7.92. The van der Waals surface area contributed by atoms with Gasteiger partial charge in [0.15, 0.2) is 0 Å². The Kier molecular flexibility index (Phi) is 5.02. The zero-order valence-electron chi connectivity index (χ0n) is 14.0. The lowest BCUT2D eigenvalue weighted by atomic mass is 9.71. The van der Waals surface area contributed by atoms with Gasteiger partial charge in [-0.15, -0.1) is 0 Å². The summed E-state index contributed by atoms with van der Waals surface area (Å²) in [7, 11) is 3.41. The minimum Gasteiger partial charge on any atom is -0.497 e. The van der Waals surface area contributed by atoms with E-state index in [2.05, 4.69) is 26.1 Å². The van der Waals surface area contributed by atoms with Gasteiger partial charge in [0, 0.05) is 12.1 Å². The Bertz CT molecular complexity index is 457. The zero-order chi connectivity index (χ0) is 15.5. The van der Waals surface area contributed by atoms with Crippen LogP contribution in [0.4, 0.5) is 5.69 Å². The molecule has 2 rings (SSSR count). The summed E-state index contributed by atoms with van der Waals surface area (Å²) in [5, 5.41) is 3.64. The Labute approximate surface area is 129 Å². The number of nitrogens with one attached hydrogen (secondary N) is 1. The highest BCUT2D eigenvalue weighted by Crippen LogP contribution is 2.39. The van der Waals surface area contributed by atoms with Gasteiger partial charge >= 0.3 is 0 Å². The smallest absolute Gasteiger partial charge is 0.142 e. The van der Waals surface area contributed by atoms with E-state index < -0.39 is 0 Å². The van der Waals surface area contributed by atoms with Crippen LogP contribution in [0.5, 0.6) is 11.5 Å². The lowest BCUT2D eigenvalue weighted by Gasteiger charge is -2.37. The van der Waals surface area contributed by atoms with Crippen molar-refractivity contribution in [2.75, 3.05) is 19.5 Å². The number of methoxy groups -OCH3 is 2. The predicted octanol–water partition coefficient (Wildman–Crippen LogP) is 4.72. The number of hydrogen-bond acceptors (Lipinski definition) is 3. The first kappa shape index (κ1) is 16.0. The van der Waals surface area contributed by atoms with Crippen LogP contribution in [-0.4, -0.2) is 20.3 Å². The fourth-order valence-electron chi connectivity index (χ4n) is 3.25. The second-order valence-electron chi connectivity index (χ2n) is 7.13. The summed E-state index contributed by atoms with van der Waals surface area (Å²) in [6, 6.07) is 6.45. The molecule has 0 unspecified atom stereocenters. The Hall–Kier alpha value is -1.38. The summed E-state index contributed by atoms with van der Waals surface area (Å²) in [4.78, 5) is 0. The van der Waals surface area contributed by atoms with E-state index in [-0.39, 0.29) is 0 Å². The third kappa shape index (κ3) is 4.05. The van der Waals surface area contributed by atoms with E-state index in [9.17, 15) is 0 Å². The Balaban J connectivity index is 2.00. The van der Waals surface area contributed by atoms with Crippen molar-refractivity contribution in [3.05, 3.63) is 18.2 Å². The molecule has 1 N–H and O–H groups in total. The molecule has 0 bridgehead atoms. The molecule has 0 amide bonds. The molecule has 0 saturated heterocycles. The molecule has 1 fully saturated rings. The molecule has 1 aromatic rings. The highest BCUT2D eigenvalue weighted by Gasteiger charge is 2.29. The van der Waals surface area contributed by atoms with Crippen molar-refractivity contribution >= 4 is 5.69 Å². The van der Waals surface area contributed by atoms with Gasteiger partial charge < -0.3 is 14.8 Å². The van der Waals surface area contributed by atoms with Crippen molar-refractivity contribution in [1.29, 1.82) is 0 Å². The van der Waals surface area contributed by atoms with Crippen LogP contribution in [0, 0.1) is 11.3 Å². The van der Waals surface area contributed by atoms with Gasteiger partial charge in [0.1, 0.15) is 11.5 Å². The van der Waals surface area contributed by atoms with Crippen molar-refractivity contribution in [3.8, 4) is 11.5 Å². The number of hydrogen-bond donors (Lipinski definition) is 1. The molecule has 0 aliphatic heterocycles. The molecule has 118 valence electrons. The SMILES string of the molecule is COc1ccc(OC)c(NC2CCC(C(C)(C)C)CC2)c1. The maximum absolute atomic E-state index is 5.44. The molecule has 1 saturated carbocycles. The molecule has 3 heteroatoms. The third-order valence-corrected chi connectivity index (χ3v) is 4.72. The summed E-state index contributed by atoms with van der Waals surface area (Å²) in [5.41, 5.74) is 1.47. The monoisotopic (exact) mass is 291 g/mol. The fourth-order valence-corrected chi connectivity index (χ4v) is 3.25. The molecule has 21 heavy (non-hydrogen) atoms. The number of ether oxygens (including phenoxy) is 2. The molecular formula is C18H29NO2. The molecule has 0 spiro atoms. The van der Waals surface area contributed by atoms with Crippen molar-refractivity contribution < 1.29 is 9.47 Å². The average molecular weight is 291 g/mol. The lowest BCUT2D eigenvalue weighted by molar-refractivity contribution is 0.173. The van der Waals surface area contributed by atoms with E-state index in [0.717, 1.165) is 23.1 Å². The van der Waals surface area contributed by atoms with Gasteiger partial charge in [0.25, 0.3) is 0 Å². The van der Waals surface area contributed by atoms with E-state index in [1.54, 1.807) is 14.2 Å². The van der Waals surface area contributed by atoms with Gasteiger partial charge in [-0.25, -0.2) is 0 Å². The molecule has 3 nitrogen and oxygen atoms in total. The van der Waals surface area contributed by atoms with Gasteiger partial charge in [0.2, 0.25) is 0 Å². The maximum Gasteiger partial charge on any atom is 0.142 e. The van der Waals surface area contributed by atoms with Crippen LogP contribution in [0.25, 0.3) is 0 Å². The van der Waals surface area contributed by atoms with E-state index in [0.29, 0.717) is 11.5 Å². The maximum atomic E-state index is 5.44. The summed E-state index contributed by atoms with van der Waals surface area (Å²) < 4.78 is 10.8. The van der Waals surface area contributed by atoms with Crippen molar-refractivity contribution in [1.82, 2.24) is 0 Å². The normalized spacial score (nSPS) is 22.7. The number of benzene rings is 1. The van der Waals surface area contributed by atoms with Crippen LogP contribution < -0.4 is 14.8 Å². The van der Waals surface area contributed by atoms with Crippen LogP contribution in [0.3, 0.4) is 0 Å². The van der Waals surface area contributed by atoms with Crippen LogP contribution in [-0.2, 0) is 0 Å². The molecule has 0 aromatic heterocycles. The van der Waals surface area contributed by atoms with E-state index in [1.807, 2.05) is 18.2 Å². The summed E-state index contributed by atoms with van der Waals surface area (Å²) in [6.45, 7) is 7.07. The van der Waals surface area contributed by atoms with Crippen molar-refractivity contribution in [2.24, 2.45) is 11.3 Å². The van der Waals surface area contributed by atoms with Crippen LogP contribution in [0.1, 0.15) is 46.5 Å². The predicted molar refractivity (Wildman–Crippen MR) is 88.4 cm³/mol. The Morgan fingerprint density at radius 1 is 1.00 bits per heavy atom. The minimum atomic E-state index is 0.429. The second kappa shape index (κ2) is 6.59. The highest BCUT2D eigenvalue weighted by atomic mass is 16.5. The molecule has 0 atom stereocenters. The van der Waals surface area contributed by atoms with Gasteiger partial charge in [-0.3, -0.25) is 0 Å². The average Bonchev–Trinajstić information content (AvgIpc) is 2.46. The number of anilines is 1. The first-order valence-electron chi connectivity index (χ1n) is 7.92. The first-order chi connectivity index (χ1) is 9.94. The van der Waals surface area contributed by atoms with Crippen molar-refractivity contribution in [2.45, 2.75) is 52.5 Å². The van der Waals surface area contributed by atoms with E-state index in [4.69, 9.17) is 9.47 Å². The Morgan fingerprint density at radius 3 is 2.19 bits per heavy atom. The van der Waals surface area contributed by atoms with Crippen LogP contribution in [0.2, 0.25) is 0 Å². The molecule has 0 heterocycles. The highest BCUT2D eigenvalue weighted by molar-refractivity contribution is 5.60. The third-order valence-electron chi connectivity index (χ3n) is 4.72. The number of rotatable bonds is 4. The quantitative estimate of drug-likeness (QED) is 0.870. The standard InChI is InChI=1S/C18H29NO2/c1-18(2,3)13-6-8-14(9-7-13)19-16-12-15(20-4)10-11-17(16)21-5/h10-14,19H,6-9H2,1-5H3. The van der Waals surface area contributed by atoms with Gasteiger partial charge in [-0.2, -0.15) is 0 Å². The summed E-state index contributed by atoms with van der Waals surface area (Å²) >= 11 is 0. The molecule has 1 aliphatic carbocycles. The molecule has 1 aliphatic rings. The minimum absolute atomic E-state index is 0.429.